The Hall–Kier alpha value is -3.44. The van der Waals surface area contributed by atoms with Gasteiger partial charge >= 0.3 is 5.97 Å². The lowest BCUT2D eigenvalue weighted by Gasteiger charge is -2.49. The Kier molecular flexibility index (Phi) is 5.73. The molecule has 0 bridgehead atoms. The molecule has 11 heteroatoms. The fourth-order valence-electron chi connectivity index (χ4n) is 6.05. The monoisotopic (exact) mass is 500 g/mol. The van der Waals surface area contributed by atoms with Crippen LogP contribution < -0.4 is 11.5 Å². The van der Waals surface area contributed by atoms with E-state index in [1.54, 1.807) is 20.8 Å². The number of aromatic hydroxyl groups is 1. The van der Waals surface area contributed by atoms with E-state index >= 15 is 0 Å². The fraction of sp³-hybridized carbons (Fsp3) is 0.520. The third kappa shape index (κ3) is 3.40. The molecule has 3 aliphatic rings. The Morgan fingerprint density at radius 1 is 1.11 bits per heavy atom. The first-order chi connectivity index (χ1) is 16.5. The van der Waals surface area contributed by atoms with Gasteiger partial charge in [0.25, 0.3) is 0 Å². The maximum absolute atomic E-state index is 13.8. The number of rotatable bonds is 3. The average Bonchev–Trinajstić information content (AvgIpc) is 2.74. The molecule has 7 N–H and O–H groups in total. The van der Waals surface area contributed by atoms with E-state index in [0.717, 1.165) is 0 Å². The van der Waals surface area contributed by atoms with Crippen LogP contribution in [0.3, 0.4) is 0 Å². The molecule has 3 aliphatic carbocycles. The molecule has 1 aromatic carbocycles. The number of Topliss-reactive ketones (excluding diaryl/α,β-unsaturated/α-hetero) is 4. The van der Waals surface area contributed by atoms with Gasteiger partial charge in [0, 0.05) is 17.9 Å². The van der Waals surface area contributed by atoms with Crippen LogP contribution in [0.5, 0.6) is 5.75 Å². The summed E-state index contributed by atoms with van der Waals surface area (Å²) in [7, 11) is 0. The molecule has 0 aromatic heterocycles. The number of carboxylic acids is 1. The van der Waals surface area contributed by atoms with Gasteiger partial charge in [0.2, 0.25) is 5.91 Å². The summed E-state index contributed by atoms with van der Waals surface area (Å²) in [5.41, 5.74) is 7.91. The number of ketones is 4. The number of aliphatic hydroxyl groups is 1. The van der Waals surface area contributed by atoms with E-state index in [1.807, 2.05) is 0 Å². The normalized spacial score (nSPS) is 30.8. The van der Waals surface area contributed by atoms with E-state index < -0.39 is 87.9 Å². The quantitative estimate of drug-likeness (QED) is 0.342. The summed E-state index contributed by atoms with van der Waals surface area (Å²) in [6, 6.07) is -0.0673. The van der Waals surface area contributed by atoms with Gasteiger partial charge in [-0.1, -0.05) is 20.8 Å². The van der Waals surface area contributed by atoms with Crippen molar-refractivity contribution in [3.8, 4) is 5.75 Å². The van der Waals surface area contributed by atoms with Crippen molar-refractivity contribution in [1.82, 2.24) is 0 Å². The van der Waals surface area contributed by atoms with Gasteiger partial charge in [-0.05, 0) is 41.4 Å². The number of fused-ring (bicyclic) bond motifs is 3. The number of benzene rings is 1. The molecule has 1 aromatic rings. The Balaban J connectivity index is 1.91. The summed E-state index contributed by atoms with van der Waals surface area (Å²) in [6.07, 6.45) is -0.591. The van der Waals surface area contributed by atoms with E-state index in [1.165, 1.54) is 6.07 Å². The molecular weight excluding hydrogens is 472 g/mol. The molecular formula is C25H28N2O9. The lowest BCUT2D eigenvalue weighted by atomic mass is 9.53. The van der Waals surface area contributed by atoms with Gasteiger partial charge in [-0.15, -0.1) is 0 Å². The summed E-state index contributed by atoms with van der Waals surface area (Å²) in [5, 5.41) is 32.0. The maximum Gasteiger partial charge on any atom is 0.325 e. The van der Waals surface area contributed by atoms with Gasteiger partial charge < -0.3 is 26.8 Å². The van der Waals surface area contributed by atoms with Crippen molar-refractivity contribution in [3.63, 3.8) is 0 Å². The second-order valence-corrected chi connectivity index (χ2v) is 11.0. The minimum atomic E-state index is -2.75. The highest BCUT2D eigenvalue weighted by molar-refractivity contribution is 6.31. The Labute approximate surface area is 205 Å². The molecule has 0 saturated heterocycles. The van der Waals surface area contributed by atoms with E-state index in [4.69, 9.17) is 11.5 Å². The number of phenolic OH excluding ortho intramolecular Hbond substituents is 1. The number of phenols is 1. The topological polar surface area (TPSA) is 215 Å². The van der Waals surface area contributed by atoms with Crippen LogP contribution in [0.1, 0.15) is 66.7 Å². The molecule has 3 unspecified atom stereocenters. The molecule has 36 heavy (non-hydrogen) atoms. The number of carboxylic acid groups (broad SMARTS) is 1. The first-order valence-electron chi connectivity index (χ1n) is 11.6. The van der Waals surface area contributed by atoms with Gasteiger partial charge in [0.1, 0.15) is 11.8 Å². The van der Waals surface area contributed by atoms with Crippen LogP contribution in [0.15, 0.2) is 6.07 Å². The summed E-state index contributed by atoms with van der Waals surface area (Å²) >= 11 is 0. The van der Waals surface area contributed by atoms with Crippen LogP contribution in [-0.2, 0) is 35.8 Å². The van der Waals surface area contributed by atoms with Crippen molar-refractivity contribution in [1.29, 1.82) is 0 Å². The minimum absolute atomic E-state index is 0.0417. The number of carbonyl (C=O) groups is 6. The summed E-state index contributed by atoms with van der Waals surface area (Å²) < 4.78 is 0. The van der Waals surface area contributed by atoms with Crippen molar-refractivity contribution in [2.75, 3.05) is 0 Å². The number of primary amides is 1. The standard InChI is InChI=1S/C25H28N2O9/c1-24(2,3)12-7-11(17(26)23(34)35)10-5-8-4-9-6-13(28)16(22(27)33)21(32)25(9,36)20(31)14(8)19(30)15(10)18(12)29/h7-9,14,16-17,29,36H,4-6,26H2,1-3H3,(H2,27,33)(H,34,35)/t8-,9+,14?,16?,17?,25+/m1/s1. The SMILES string of the molecule is CC(C)(C)c1cc(C(N)C(=O)O)c2c(c1O)C(=O)C1C(=O)[C@]3(O)C(=O)C(C(N)=O)C(=O)C[C@@H]3C[C@@H]1C2. The molecule has 0 radical (unpaired) electrons. The first kappa shape index (κ1) is 25.6. The molecule has 2 fully saturated rings. The highest BCUT2D eigenvalue weighted by Crippen LogP contribution is 2.51. The fourth-order valence-corrected chi connectivity index (χ4v) is 6.05. The smallest absolute Gasteiger partial charge is 0.325 e. The lowest BCUT2D eigenvalue weighted by molar-refractivity contribution is -0.175. The maximum atomic E-state index is 13.8. The Bertz CT molecular complexity index is 1260. The van der Waals surface area contributed by atoms with Gasteiger partial charge in [-0.25, -0.2) is 0 Å². The van der Waals surface area contributed by atoms with Gasteiger partial charge in [-0.3, -0.25) is 28.8 Å². The largest absolute Gasteiger partial charge is 0.507 e. The van der Waals surface area contributed by atoms with Gasteiger partial charge in [0.15, 0.2) is 34.7 Å². The van der Waals surface area contributed by atoms with E-state index in [9.17, 15) is 44.1 Å². The van der Waals surface area contributed by atoms with Crippen molar-refractivity contribution >= 4 is 35.0 Å². The second-order valence-electron chi connectivity index (χ2n) is 11.0. The molecule has 0 spiro atoms. The number of aliphatic carboxylic acids is 1. The summed E-state index contributed by atoms with van der Waals surface area (Å²) in [6.45, 7) is 5.21. The van der Waals surface area contributed by atoms with Crippen molar-refractivity contribution in [2.45, 2.75) is 57.1 Å². The molecule has 11 nitrogen and oxygen atoms in total. The minimum Gasteiger partial charge on any atom is -0.507 e. The Morgan fingerprint density at radius 3 is 2.25 bits per heavy atom. The molecule has 2 saturated carbocycles. The highest BCUT2D eigenvalue weighted by Gasteiger charge is 2.66. The van der Waals surface area contributed by atoms with Crippen LogP contribution in [0.25, 0.3) is 0 Å². The zero-order valence-corrected chi connectivity index (χ0v) is 20.0. The Morgan fingerprint density at radius 2 is 1.72 bits per heavy atom. The van der Waals surface area contributed by atoms with Gasteiger partial charge in [-0.2, -0.15) is 0 Å². The van der Waals surface area contributed by atoms with Crippen LogP contribution in [0.2, 0.25) is 0 Å². The van der Waals surface area contributed by atoms with Crippen molar-refractivity contribution in [3.05, 3.63) is 28.3 Å². The molecule has 192 valence electrons. The van der Waals surface area contributed by atoms with Crippen LogP contribution in [0.4, 0.5) is 0 Å². The van der Waals surface area contributed by atoms with Crippen LogP contribution in [0, 0.1) is 23.7 Å². The molecule has 0 aliphatic heterocycles. The number of hydrogen-bond acceptors (Lipinski definition) is 9. The van der Waals surface area contributed by atoms with Crippen molar-refractivity contribution in [2.24, 2.45) is 35.1 Å². The number of nitrogens with two attached hydrogens (primary N) is 2. The van der Waals surface area contributed by atoms with E-state index in [-0.39, 0.29) is 35.1 Å². The van der Waals surface area contributed by atoms with E-state index in [0.29, 0.717) is 0 Å². The lowest BCUT2D eigenvalue weighted by Crippen LogP contribution is -2.68. The third-order valence-electron chi connectivity index (χ3n) is 7.85. The average molecular weight is 501 g/mol. The third-order valence-corrected chi connectivity index (χ3v) is 7.85. The molecule has 0 heterocycles. The highest BCUT2D eigenvalue weighted by atomic mass is 16.4. The van der Waals surface area contributed by atoms with Crippen LogP contribution >= 0.6 is 0 Å². The second kappa shape index (κ2) is 8.04. The molecule has 1 amide bonds. The molecule has 4 rings (SSSR count). The first-order valence-corrected chi connectivity index (χ1v) is 11.6. The van der Waals surface area contributed by atoms with Gasteiger partial charge in [0.05, 0.1) is 11.5 Å². The number of hydrogen-bond donors (Lipinski definition) is 5. The summed E-state index contributed by atoms with van der Waals surface area (Å²) in [4.78, 5) is 76.3. The number of carbonyl (C=O) groups excluding carboxylic acids is 5. The van der Waals surface area contributed by atoms with Crippen LogP contribution in [-0.4, -0.2) is 55.9 Å². The zero-order valence-electron chi connectivity index (χ0n) is 20.0. The molecule has 6 atom stereocenters. The van der Waals surface area contributed by atoms with Crippen molar-refractivity contribution < 1.29 is 44.1 Å². The zero-order chi connectivity index (χ0) is 27.1. The predicted octanol–water partition coefficient (Wildman–Crippen LogP) is -0.291. The van der Waals surface area contributed by atoms with E-state index in [2.05, 4.69) is 0 Å². The summed E-state index contributed by atoms with van der Waals surface area (Å²) in [5.74, 6) is -12.7. The number of amides is 1. The predicted molar refractivity (Wildman–Crippen MR) is 122 cm³/mol.